The molecule has 0 unspecified atom stereocenters. The second kappa shape index (κ2) is 5.75. The highest BCUT2D eigenvalue weighted by molar-refractivity contribution is 7.78. The Kier molecular flexibility index (Phi) is 3.81. The van der Waals surface area contributed by atoms with Crippen LogP contribution in [-0.4, -0.2) is 23.4 Å². The van der Waals surface area contributed by atoms with Crippen LogP contribution >= 0.6 is 12.2 Å². The molecule has 0 atom stereocenters. The SMILES string of the molecule is CNNC(=NC=S)C1=Cc2c([nH]c3ccc(F)cc23)CC1. The monoisotopic (exact) mass is 302 g/mol. The summed E-state index contributed by atoms with van der Waals surface area (Å²) in [5.41, 5.74) is 11.3. The van der Waals surface area contributed by atoms with Gasteiger partial charge in [-0.05, 0) is 42.7 Å². The number of aliphatic imine (C=N–C) groups is 1. The van der Waals surface area contributed by atoms with Crippen LogP contribution in [0.25, 0.3) is 17.0 Å². The van der Waals surface area contributed by atoms with Gasteiger partial charge in [0.2, 0.25) is 0 Å². The quantitative estimate of drug-likeness (QED) is 0.354. The molecule has 1 aromatic heterocycles. The molecule has 0 fully saturated rings. The lowest BCUT2D eigenvalue weighted by molar-refractivity contribution is 0.629. The van der Waals surface area contributed by atoms with Gasteiger partial charge in [0.25, 0.3) is 0 Å². The summed E-state index contributed by atoms with van der Waals surface area (Å²) in [7, 11) is 1.77. The number of fused-ring (bicyclic) bond motifs is 3. The van der Waals surface area contributed by atoms with E-state index in [0.717, 1.165) is 40.6 Å². The van der Waals surface area contributed by atoms with Gasteiger partial charge in [0, 0.05) is 29.2 Å². The predicted molar refractivity (Wildman–Crippen MR) is 87.8 cm³/mol. The Balaban J connectivity index is 2.11. The first-order valence-electron chi connectivity index (χ1n) is 6.68. The van der Waals surface area contributed by atoms with E-state index < -0.39 is 0 Å². The van der Waals surface area contributed by atoms with Crippen molar-refractivity contribution in [3.05, 3.63) is 40.8 Å². The van der Waals surface area contributed by atoms with E-state index in [4.69, 9.17) is 12.2 Å². The molecule has 2 aromatic rings. The van der Waals surface area contributed by atoms with Crippen molar-refractivity contribution in [2.24, 2.45) is 4.99 Å². The second-order valence-electron chi connectivity index (χ2n) is 4.83. The smallest absolute Gasteiger partial charge is 0.144 e. The Morgan fingerprint density at radius 3 is 3.05 bits per heavy atom. The number of aromatic amines is 1. The zero-order valence-corrected chi connectivity index (χ0v) is 12.4. The van der Waals surface area contributed by atoms with Crippen molar-refractivity contribution in [3.63, 3.8) is 0 Å². The zero-order valence-electron chi connectivity index (χ0n) is 11.5. The van der Waals surface area contributed by atoms with Gasteiger partial charge in [-0.3, -0.25) is 0 Å². The lowest BCUT2D eigenvalue weighted by Crippen LogP contribution is -2.36. The molecule has 0 radical (unpaired) electrons. The van der Waals surface area contributed by atoms with Gasteiger partial charge >= 0.3 is 0 Å². The number of hydrogen-bond acceptors (Lipinski definition) is 2. The highest BCUT2D eigenvalue weighted by Gasteiger charge is 2.18. The van der Waals surface area contributed by atoms with E-state index in [0.29, 0.717) is 5.84 Å². The highest BCUT2D eigenvalue weighted by atomic mass is 32.1. The van der Waals surface area contributed by atoms with E-state index in [-0.39, 0.29) is 5.82 Å². The average molecular weight is 302 g/mol. The van der Waals surface area contributed by atoms with E-state index in [9.17, 15) is 4.39 Å². The molecular formula is C15H15FN4S. The molecule has 3 N–H and O–H groups in total. The van der Waals surface area contributed by atoms with Gasteiger partial charge < -0.3 is 10.4 Å². The molecule has 21 heavy (non-hydrogen) atoms. The van der Waals surface area contributed by atoms with E-state index in [1.807, 2.05) is 6.08 Å². The fraction of sp³-hybridized carbons (Fsp3) is 0.200. The number of H-pyrrole nitrogens is 1. The summed E-state index contributed by atoms with van der Waals surface area (Å²) in [5.74, 6) is 0.467. The minimum atomic E-state index is -0.231. The van der Waals surface area contributed by atoms with Gasteiger partial charge in [-0.2, -0.15) is 0 Å². The summed E-state index contributed by atoms with van der Waals surface area (Å²) in [5, 5.41) is 0.897. The topological polar surface area (TPSA) is 52.2 Å². The van der Waals surface area contributed by atoms with E-state index in [2.05, 4.69) is 20.8 Å². The number of amidine groups is 1. The van der Waals surface area contributed by atoms with Crippen molar-refractivity contribution in [2.75, 3.05) is 7.05 Å². The molecule has 0 saturated heterocycles. The first-order chi connectivity index (χ1) is 10.2. The molecule has 0 spiro atoms. The molecule has 0 aliphatic heterocycles. The lowest BCUT2D eigenvalue weighted by Gasteiger charge is -2.16. The van der Waals surface area contributed by atoms with Crippen molar-refractivity contribution >= 4 is 40.5 Å². The van der Waals surface area contributed by atoms with Crippen LogP contribution in [0.15, 0.2) is 28.8 Å². The number of nitrogens with zero attached hydrogens (tertiary/aromatic N) is 1. The molecule has 4 nitrogen and oxygen atoms in total. The number of aromatic nitrogens is 1. The van der Waals surface area contributed by atoms with Crippen LogP contribution in [0.3, 0.4) is 0 Å². The third kappa shape index (κ3) is 2.59. The second-order valence-corrected chi connectivity index (χ2v) is 5.05. The van der Waals surface area contributed by atoms with Gasteiger partial charge in [-0.1, -0.05) is 12.2 Å². The summed E-state index contributed by atoms with van der Waals surface area (Å²) in [6.45, 7) is 0. The maximum atomic E-state index is 13.5. The van der Waals surface area contributed by atoms with E-state index >= 15 is 0 Å². The van der Waals surface area contributed by atoms with Crippen LogP contribution in [0.2, 0.25) is 0 Å². The number of hydrazine groups is 1. The summed E-state index contributed by atoms with van der Waals surface area (Å²) in [6.07, 6.45) is 3.75. The molecular weight excluding hydrogens is 287 g/mol. The first kappa shape index (κ1) is 13.9. The third-order valence-electron chi connectivity index (χ3n) is 3.57. The van der Waals surface area contributed by atoms with Gasteiger partial charge in [0.15, 0.2) is 0 Å². The number of thiocarbonyl (C=S) groups is 1. The van der Waals surface area contributed by atoms with Crippen molar-refractivity contribution in [2.45, 2.75) is 12.8 Å². The normalized spacial score (nSPS) is 14.8. The van der Waals surface area contributed by atoms with Crippen LogP contribution in [-0.2, 0) is 6.42 Å². The summed E-state index contributed by atoms with van der Waals surface area (Å²) < 4.78 is 13.5. The number of halogens is 1. The number of aryl methyl sites for hydroxylation is 1. The van der Waals surface area contributed by atoms with Crippen LogP contribution < -0.4 is 10.9 Å². The fourth-order valence-electron chi connectivity index (χ4n) is 2.66. The number of benzene rings is 1. The van der Waals surface area contributed by atoms with E-state index in [1.165, 1.54) is 11.6 Å². The molecule has 0 amide bonds. The third-order valence-corrected chi connectivity index (χ3v) is 3.68. The highest BCUT2D eigenvalue weighted by Crippen LogP contribution is 2.31. The maximum Gasteiger partial charge on any atom is 0.144 e. The minimum absolute atomic E-state index is 0.231. The Morgan fingerprint density at radius 1 is 1.43 bits per heavy atom. The van der Waals surface area contributed by atoms with Gasteiger partial charge in [-0.25, -0.2) is 14.8 Å². The van der Waals surface area contributed by atoms with Crippen molar-refractivity contribution in [1.82, 2.24) is 15.8 Å². The molecule has 1 heterocycles. The molecule has 0 saturated carbocycles. The zero-order chi connectivity index (χ0) is 14.8. The number of rotatable bonds is 3. The van der Waals surface area contributed by atoms with Gasteiger partial charge in [0.05, 0.1) is 5.49 Å². The molecule has 1 aliphatic carbocycles. The van der Waals surface area contributed by atoms with Crippen molar-refractivity contribution in [1.29, 1.82) is 0 Å². The minimum Gasteiger partial charge on any atom is -0.358 e. The molecule has 6 heteroatoms. The predicted octanol–water partition coefficient (Wildman–Crippen LogP) is 2.72. The Morgan fingerprint density at radius 2 is 2.29 bits per heavy atom. The summed E-state index contributed by atoms with van der Waals surface area (Å²) in [6, 6.07) is 4.80. The Hall–Kier alpha value is -2.05. The number of nitrogens with one attached hydrogen (secondary N) is 3. The van der Waals surface area contributed by atoms with Crippen LogP contribution in [0.4, 0.5) is 4.39 Å². The van der Waals surface area contributed by atoms with Crippen molar-refractivity contribution in [3.8, 4) is 0 Å². The standard InChI is InChI=1S/C15H15FN4S/c1-17-20-15(18-8-21)9-2-4-13-11(6-9)12-7-10(16)3-5-14(12)19-13/h3,5-8,17,19H,2,4H2,1H3,(H,18,20,21). The lowest BCUT2D eigenvalue weighted by atomic mass is 9.95. The van der Waals surface area contributed by atoms with Crippen LogP contribution in [0, 0.1) is 5.82 Å². The van der Waals surface area contributed by atoms with Gasteiger partial charge in [0.1, 0.15) is 11.7 Å². The average Bonchev–Trinajstić information content (AvgIpc) is 2.84. The maximum absolute atomic E-state index is 13.5. The molecule has 108 valence electrons. The fourth-order valence-corrected chi connectivity index (χ4v) is 2.77. The molecule has 3 rings (SSSR count). The molecule has 0 bridgehead atoms. The van der Waals surface area contributed by atoms with Gasteiger partial charge in [-0.15, -0.1) is 0 Å². The molecule has 1 aromatic carbocycles. The Labute approximate surface area is 127 Å². The van der Waals surface area contributed by atoms with Crippen LogP contribution in [0.5, 0.6) is 0 Å². The largest absolute Gasteiger partial charge is 0.358 e. The van der Waals surface area contributed by atoms with E-state index in [1.54, 1.807) is 19.2 Å². The summed E-state index contributed by atoms with van der Waals surface area (Å²) in [4.78, 5) is 7.52. The molecule has 1 aliphatic rings. The van der Waals surface area contributed by atoms with Crippen LogP contribution in [0.1, 0.15) is 17.7 Å². The first-order valence-corrected chi connectivity index (χ1v) is 7.15. The Bertz CT molecular complexity index is 760. The summed E-state index contributed by atoms with van der Waals surface area (Å²) >= 11 is 4.80. The van der Waals surface area contributed by atoms with Crippen molar-refractivity contribution < 1.29 is 4.39 Å². The number of hydrogen-bond donors (Lipinski definition) is 3.